The number of primary amides is 1. The van der Waals surface area contributed by atoms with Crippen LogP contribution in [0.4, 0.5) is 17.5 Å². The quantitative estimate of drug-likeness (QED) is 0.640. The van der Waals surface area contributed by atoms with Crippen molar-refractivity contribution in [3.63, 3.8) is 0 Å². The van der Waals surface area contributed by atoms with E-state index in [1.54, 1.807) is 0 Å². The van der Waals surface area contributed by atoms with Crippen molar-refractivity contribution >= 4 is 23.4 Å². The minimum Gasteiger partial charge on any atom is -0.365 e. The van der Waals surface area contributed by atoms with E-state index in [4.69, 9.17) is 11.5 Å². The van der Waals surface area contributed by atoms with Crippen LogP contribution in [0.15, 0.2) is 30.5 Å². The fraction of sp³-hybridized carbons (Fsp3) is 0.389. The normalized spacial score (nSPS) is 14.1. The van der Waals surface area contributed by atoms with Gasteiger partial charge < -0.3 is 22.1 Å². The van der Waals surface area contributed by atoms with Crippen LogP contribution in [0, 0.1) is 6.92 Å². The van der Waals surface area contributed by atoms with Crippen LogP contribution in [0.25, 0.3) is 0 Å². The van der Waals surface area contributed by atoms with Crippen LogP contribution in [0.5, 0.6) is 0 Å². The molecule has 1 aliphatic carbocycles. The lowest BCUT2D eigenvalue weighted by atomic mass is 10.2. The van der Waals surface area contributed by atoms with Crippen LogP contribution in [0.3, 0.4) is 0 Å². The van der Waals surface area contributed by atoms with Gasteiger partial charge in [0.2, 0.25) is 5.95 Å². The molecule has 1 heterocycles. The summed E-state index contributed by atoms with van der Waals surface area (Å²) in [7, 11) is 0. The summed E-state index contributed by atoms with van der Waals surface area (Å²) in [5.74, 6) is 0.216. The number of benzene rings is 1. The van der Waals surface area contributed by atoms with Gasteiger partial charge in [-0.25, -0.2) is 4.98 Å². The monoisotopic (exact) mass is 342 g/mol. The maximum Gasteiger partial charge on any atom is 0.254 e. The number of anilines is 3. The van der Waals surface area contributed by atoms with Crippen molar-refractivity contribution in [2.75, 3.05) is 17.2 Å². The first kappa shape index (κ1) is 18.7. The molecule has 3 rings (SSSR count). The van der Waals surface area contributed by atoms with E-state index in [1.165, 1.54) is 6.20 Å². The minimum absolute atomic E-state index is 0.157. The Kier molecular flexibility index (Phi) is 5.93. The van der Waals surface area contributed by atoms with Crippen LogP contribution >= 0.6 is 0 Å². The van der Waals surface area contributed by atoms with E-state index in [1.807, 2.05) is 45.0 Å². The van der Waals surface area contributed by atoms with Crippen molar-refractivity contribution in [2.24, 2.45) is 11.5 Å². The Morgan fingerprint density at radius 3 is 2.64 bits per heavy atom. The molecule has 0 saturated heterocycles. The zero-order chi connectivity index (χ0) is 18.4. The molecule has 0 atom stereocenters. The molecule has 134 valence electrons. The third-order valence-corrected chi connectivity index (χ3v) is 3.83. The molecule has 1 fully saturated rings. The second-order valence-electron chi connectivity index (χ2n) is 6.03. The zero-order valence-electron chi connectivity index (χ0n) is 15.0. The van der Waals surface area contributed by atoms with Gasteiger partial charge in [-0.15, -0.1) is 0 Å². The van der Waals surface area contributed by atoms with Gasteiger partial charge in [-0.2, -0.15) is 4.98 Å². The van der Waals surface area contributed by atoms with E-state index in [9.17, 15) is 4.79 Å². The summed E-state index contributed by atoms with van der Waals surface area (Å²) >= 11 is 0. The summed E-state index contributed by atoms with van der Waals surface area (Å²) < 4.78 is 0. The standard InChI is InChI=1S/C16H20N6O.C2H6/c1-10-3-2-4-11(7-10)21-14-12(13(17)23)8-19-15(22-14)20-9-16(18)5-6-16;1-2/h2-4,7-8H,5-6,9,18H2,1H3,(H2,17,23)(H2,19,20,21,22);1-2H3. The summed E-state index contributed by atoms with van der Waals surface area (Å²) in [5, 5.41) is 6.24. The highest BCUT2D eigenvalue weighted by atomic mass is 16.1. The van der Waals surface area contributed by atoms with E-state index >= 15 is 0 Å². The SMILES string of the molecule is CC.Cc1cccc(Nc2nc(NCC3(N)CC3)ncc2C(N)=O)c1. The molecule has 7 heteroatoms. The molecule has 1 saturated carbocycles. The van der Waals surface area contributed by atoms with E-state index in [0.717, 1.165) is 24.1 Å². The smallest absolute Gasteiger partial charge is 0.254 e. The predicted molar refractivity (Wildman–Crippen MR) is 101 cm³/mol. The van der Waals surface area contributed by atoms with Gasteiger partial charge in [0, 0.05) is 24.0 Å². The summed E-state index contributed by atoms with van der Waals surface area (Å²) in [5.41, 5.74) is 13.5. The average molecular weight is 342 g/mol. The molecule has 6 N–H and O–H groups in total. The largest absolute Gasteiger partial charge is 0.365 e. The third kappa shape index (κ3) is 5.15. The summed E-state index contributed by atoms with van der Waals surface area (Å²) in [6.07, 6.45) is 3.41. The molecule has 1 aromatic heterocycles. The third-order valence-electron chi connectivity index (χ3n) is 3.83. The van der Waals surface area contributed by atoms with E-state index in [2.05, 4.69) is 20.6 Å². The molecule has 25 heavy (non-hydrogen) atoms. The number of hydrogen-bond donors (Lipinski definition) is 4. The predicted octanol–water partition coefficient (Wildman–Crippen LogP) is 2.56. The summed E-state index contributed by atoms with van der Waals surface area (Å²) in [6.45, 7) is 6.59. The fourth-order valence-electron chi connectivity index (χ4n) is 2.19. The van der Waals surface area contributed by atoms with Crippen LogP contribution in [-0.4, -0.2) is 28.0 Å². The molecule has 0 unspecified atom stereocenters. The van der Waals surface area contributed by atoms with Crippen molar-refractivity contribution in [1.29, 1.82) is 0 Å². The first-order chi connectivity index (χ1) is 12.0. The van der Waals surface area contributed by atoms with Crippen LogP contribution in [-0.2, 0) is 0 Å². The Morgan fingerprint density at radius 2 is 2.04 bits per heavy atom. The Bertz CT molecular complexity index is 742. The van der Waals surface area contributed by atoms with Crippen molar-refractivity contribution in [3.8, 4) is 0 Å². The molecule has 0 radical (unpaired) electrons. The number of hydrogen-bond acceptors (Lipinski definition) is 6. The molecule has 1 aliphatic rings. The maximum atomic E-state index is 11.6. The fourth-order valence-corrected chi connectivity index (χ4v) is 2.19. The van der Waals surface area contributed by atoms with Gasteiger partial charge >= 0.3 is 0 Å². The van der Waals surface area contributed by atoms with Crippen molar-refractivity contribution in [3.05, 3.63) is 41.6 Å². The van der Waals surface area contributed by atoms with Gasteiger partial charge in [0.25, 0.3) is 5.91 Å². The molecule has 7 nitrogen and oxygen atoms in total. The first-order valence-corrected chi connectivity index (χ1v) is 8.48. The molecule has 1 amide bonds. The Hall–Kier alpha value is -2.67. The van der Waals surface area contributed by atoms with Gasteiger partial charge in [-0.1, -0.05) is 26.0 Å². The lowest BCUT2D eigenvalue weighted by Gasteiger charge is -2.13. The van der Waals surface area contributed by atoms with Gasteiger partial charge in [0.1, 0.15) is 11.4 Å². The number of nitrogens with one attached hydrogen (secondary N) is 2. The van der Waals surface area contributed by atoms with E-state index < -0.39 is 5.91 Å². The lowest BCUT2D eigenvalue weighted by molar-refractivity contribution is 0.100. The van der Waals surface area contributed by atoms with Crippen molar-refractivity contribution in [1.82, 2.24) is 9.97 Å². The van der Waals surface area contributed by atoms with E-state index in [-0.39, 0.29) is 11.1 Å². The number of rotatable bonds is 6. The molecule has 0 spiro atoms. The second kappa shape index (κ2) is 7.94. The van der Waals surface area contributed by atoms with Crippen LogP contribution < -0.4 is 22.1 Å². The average Bonchev–Trinajstić information content (AvgIpc) is 3.33. The van der Waals surface area contributed by atoms with Gasteiger partial charge in [-0.05, 0) is 37.5 Å². The Balaban J connectivity index is 0.00000109. The topological polar surface area (TPSA) is 119 Å². The second-order valence-corrected chi connectivity index (χ2v) is 6.03. The lowest BCUT2D eigenvalue weighted by Crippen LogP contribution is -2.31. The Labute approximate surface area is 148 Å². The highest BCUT2D eigenvalue weighted by molar-refractivity contribution is 5.98. The van der Waals surface area contributed by atoms with Crippen LogP contribution in [0.2, 0.25) is 0 Å². The molecule has 0 bridgehead atoms. The van der Waals surface area contributed by atoms with Crippen LogP contribution in [0.1, 0.15) is 42.6 Å². The van der Waals surface area contributed by atoms with Crippen molar-refractivity contribution in [2.45, 2.75) is 39.2 Å². The summed E-state index contributed by atoms with van der Waals surface area (Å²) in [6, 6.07) is 7.77. The molecule has 0 aliphatic heterocycles. The molecular weight excluding hydrogens is 316 g/mol. The first-order valence-electron chi connectivity index (χ1n) is 8.48. The highest BCUT2D eigenvalue weighted by Gasteiger charge is 2.38. The zero-order valence-corrected chi connectivity index (χ0v) is 15.0. The molecule has 2 aromatic rings. The molecule has 1 aromatic carbocycles. The number of aryl methyl sites for hydroxylation is 1. The number of carbonyl (C=O) groups excluding carboxylic acids is 1. The maximum absolute atomic E-state index is 11.6. The Morgan fingerprint density at radius 1 is 1.32 bits per heavy atom. The van der Waals surface area contributed by atoms with Gasteiger partial charge in [0.05, 0.1) is 0 Å². The molecular formula is C18H26N6O. The van der Waals surface area contributed by atoms with Crippen molar-refractivity contribution < 1.29 is 4.79 Å². The van der Waals surface area contributed by atoms with Gasteiger partial charge in [0.15, 0.2) is 0 Å². The number of nitrogens with zero attached hydrogens (tertiary/aromatic N) is 2. The number of amides is 1. The van der Waals surface area contributed by atoms with Gasteiger partial charge in [-0.3, -0.25) is 4.79 Å². The minimum atomic E-state index is -0.579. The summed E-state index contributed by atoms with van der Waals surface area (Å²) in [4.78, 5) is 20.1. The number of nitrogens with two attached hydrogens (primary N) is 2. The van der Waals surface area contributed by atoms with E-state index in [0.29, 0.717) is 18.3 Å². The number of carbonyl (C=O) groups is 1. The number of aromatic nitrogens is 2. The highest BCUT2D eigenvalue weighted by Crippen LogP contribution is 2.32.